The van der Waals surface area contributed by atoms with Gasteiger partial charge in [-0.2, -0.15) is 0 Å². The fourth-order valence-corrected chi connectivity index (χ4v) is 3.16. The summed E-state index contributed by atoms with van der Waals surface area (Å²) in [5, 5.41) is 21.5. The van der Waals surface area contributed by atoms with Crippen LogP contribution in [0.15, 0.2) is 21.0 Å². The molecule has 2 aromatic rings. The first kappa shape index (κ1) is 22.4. The van der Waals surface area contributed by atoms with Gasteiger partial charge in [0.05, 0.1) is 0 Å². The van der Waals surface area contributed by atoms with Crippen LogP contribution in [-0.4, -0.2) is 44.3 Å². The van der Waals surface area contributed by atoms with Crippen molar-refractivity contribution in [2.75, 3.05) is 0 Å². The molecule has 166 valence electrons. The molecule has 0 bridgehead atoms. The van der Waals surface area contributed by atoms with E-state index in [4.69, 9.17) is 8.83 Å². The van der Waals surface area contributed by atoms with Crippen LogP contribution < -0.4 is 10.6 Å². The second kappa shape index (κ2) is 10.1. The maximum Gasteiger partial charge on any atom is 0.244 e. The third kappa shape index (κ3) is 6.34. The normalized spacial score (nSPS) is 19.2. The summed E-state index contributed by atoms with van der Waals surface area (Å²) in [5.41, 5.74) is 0. The van der Waals surface area contributed by atoms with Crippen molar-refractivity contribution < 1.29 is 18.4 Å². The van der Waals surface area contributed by atoms with Crippen LogP contribution in [0.4, 0.5) is 0 Å². The minimum absolute atomic E-state index is 0.123. The highest BCUT2D eigenvalue weighted by molar-refractivity contribution is 5.92. The van der Waals surface area contributed by atoms with E-state index in [9.17, 15) is 9.59 Å². The van der Waals surface area contributed by atoms with Crippen LogP contribution in [0.1, 0.15) is 82.4 Å². The van der Waals surface area contributed by atoms with Gasteiger partial charge in [0.15, 0.2) is 0 Å². The zero-order valence-corrected chi connectivity index (χ0v) is 18.2. The van der Waals surface area contributed by atoms with Crippen molar-refractivity contribution in [1.82, 2.24) is 31.0 Å². The Morgan fingerprint density at radius 1 is 0.806 bits per heavy atom. The van der Waals surface area contributed by atoms with Crippen LogP contribution in [0.25, 0.3) is 12.2 Å². The number of nitrogens with zero attached hydrogens (tertiary/aromatic N) is 4. The molecule has 2 unspecified atom stereocenters. The van der Waals surface area contributed by atoms with Crippen LogP contribution in [0.5, 0.6) is 0 Å². The van der Waals surface area contributed by atoms with Gasteiger partial charge < -0.3 is 19.5 Å². The summed E-state index contributed by atoms with van der Waals surface area (Å²) in [7, 11) is 0. The summed E-state index contributed by atoms with van der Waals surface area (Å²) in [6.45, 7) is 7.79. The maximum absolute atomic E-state index is 12.3. The quantitative estimate of drug-likeness (QED) is 0.612. The number of nitrogens with one attached hydrogen (secondary N) is 2. The van der Waals surface area contributed by atoms with E-state index in [0.717, 1.165) is 19.3 Å². The number of hydrogen-bond donors (Lipinski definition) is 2. The first-order valence-electron chi connectivity index (χ1n) is 10.5. The summed E-state index contributed by atoms with van der Waals surface area (Å²) in [6, 6.07) is -0.307. The number of carbonyl (C=O) groups is 2. The molecular weight excluding hydrogens is 400 g/mol. The number of amides is 2. The van der Waals surface area contributed by atoms with Crippen molar-refractivity contribution in [3.63, 3.8) is 0 Å². The van der Waals surface area contributed by atoms with Crippen molar-refractivity contribution in [2.24, 2.45) is 0 Å². The molecule has 0 aliphatic heterocycles. The van der Waals surface area contributed by atoms with Crippen molar-refractivity contribution in [1.29, 1.82) is 0 Å². The molecule has 1 aliphatic carbocycles. The number of rotatable bonds is 8. The van der Waals surface area contributed by atoms with E-state index in [1.54, 1.807) is 0 Å². The fraction of sp³-hybridized carbons (Fsp3) is 0.524. The summed E-state index contributed by atoms with van der Waals surface area (Å²) < 4.78 is 10.9. The lowest BCUT2D eigenvalue weighted by Crippen LogP contribution is -2.47. The zero-order chi connectivity index (χ0) is 22.4. The average Bonchev–Trinajstić information content (AvgIpc) is 3.46. The van der Waals surface area contributed by atoms with Gasteiger partial charge in [0, 0.05) is 48.2 Å². The van der Waals surface area contributed by atoms with Crippen LogP contribution >= 0.6 is 0 Å². The summed E-state index contributed by atoms with van der Waals surface area (Å²) in [4.78, 5) is 24.5. The molecule has 1 saturated carbocycles. The Hall–Kier alpha value is -3.30. The zero-order valence-electron chi connectivity index (χ0n) is 18.2. The molecule has 31 heavy (non-hydrogen) atoms. The SMILES string of the molecule is CC(C)c1nnc(/C=C/C(=O)NC2CCCC2NC(=O)/C=C/c2nnc(C(C)C)o2)o1. The topological polar surface area (TPSA) is 136 Å². The minimum atomic E-state index is -0.280. The van der Waals surface area contributed by atoms with Crippen molar-refractivity contribution in [3.8, 4) is 0 Å². The summed E-state index contributed by atoms with van der Waals surface area (Å²) in [5.74, 6) is 1.29. The lowest BCUT2D eigenvalue weighted by molar-refractivity contribution is -0.119. The highest BCUT2D eigenvalue weighted by atomic mass is 16.4. The first-order chi connectivity index (χ1) is 14.8. The smallest absolute Gasteiger partial charge is 0.244 e. The first-order valence-corrected chi connectivity index (χ1v) is 10.5. The molecule has 2 atom stereocenters. The Morgan fingerprint density at radius 3 is 1.58 bits per heavy atom. The molecule has 10 nitrogen and oxygen atoms in total. The summed E-state index contributed by atoms with van der Waals surface area (Å²) >= 11 is 0. The van der Waals surface area contributed by atoms with E-state index < -0.39 is 0 Å². The molecule has 2 aromatic heterocycles. The second-order valence-electron chi connectivity index (χ2n) is 8.09. The Labute approximate surface area is 180 Å². The Kier molecular flexibility index (Phi) is 7.32. The summed E-state index contributed by atoms with van der Waals surface area (Å²) in [6.07, 6.45) is 8.16. The van der Waals surface area contributed by atoms with E-state index in [-0.39, 0.29) is 47.5 Å². The highest BCUT2D eigenvalue weighted by Gasteiger charge is 2.29. The number of hydrogen-bond acceptors (Lipinski definition) is 8. The second-order valence-corrected chi connectivity index (χ2v) is 8.09. The van der Waals surface area contributed by atoms with E-state index in [0.29, 0.717) is 11.8 Å². The molecule has 0 radical (unpaired) electrons. The molecule has 0 aromatic carbocycles. The van der Waals surface area contributed by atoms with Crippen LogP contribution in [0.3, 0.4) is 0 Å². The monoisotopic (exact) mass is 428 g/mol. The van der Waals surface area contributed by atoms with Crippen molar-refractivity contribution in [2.45, 2.75) is 70.9 Å². The van der Waals surface area contributed by atoms with E-state index >= 15 is 0 Å². The lowest BCUT2D eigenvalue weighted by Gasteiger charge is -2.20. The predicted molar refractivity (Wildman–Crippen MR) is 113 cm³/mol. The van der Waals surface area contributed by atoms with Crippen LogP contribution in [0.2, 0.25) is 0 Å². The average molecular weight is 428 g/mol. The molecule has 2 amide bonds. The number of aromatic nitrogens is 4. The van der Waals surface area contributed by atoms with Gasteiger partial charge in [-0.3, -0.25) is 9.59 Å². The van der Waals surface area contributed by atoms with Gasteiger partial charge in [-0.05, 0) is 19.3 Å². The van der Waals surface area contributed by atoms with Gasteiger partial charge >= 0.3 is 0 Å². The molecular formula is C21H28N6O4. The Bertz CT molecular complexity index is 882. The van der Waals surface area contributed by atoms with Gasteiger partial charge in [-0.25, -0.2) is 0 Å². The molecule has 2 heterocycles. The Balaban J connectivity index is 1.50. The van der Waals surface area contributed by atoms with Gasteiger partial charge in [-0.15, -0.1) is 20.4 Å². The highest BCUT2D eigenvalue weighted by Crippen LogP contribution is 2.19. The number of carbonyl (C=O) groups excluding carboxylic acids is 2. The van der Waals surface area contributed by atoms with Crippen LogP contribution in [-0.2, 0) is 9.59 Å². The van der Waals surface area contributed by atoms with E-state index in [2.05, 4.69) is 31.0 Å². The largest absolute Gasteiger partial charge is 0.421 e. The third-order valence-electron chi connectivity index (χ3n) is 4.83. The van der Waals surface area contributed by atoms with Crippen LogP contribution in [0, 0.1) is 0 Å². The predicted octanol–water partition coefficient (Wildman–Crippen LogP) is 2.58. The van der Waals surface area contributed by atoms with Gasteiger partial charge in [-0.1, -0.05) is 27.7 Å². The van der Waals surface area contributed by atoms with E-state index in [1.807, 2.05) is 27.7 Å². The molecule has 2 N–H and O–H groups in total. The lowest BCUT2D eigenvalue weighted by atomic mass is 10.1. The van der Waals surface area contributed by atoms with E-state index in [1.165, 1.54) is 24.3 Å². The van der Waals surface area contributed by atoms with Gasteiger partial charge in [0.1, 0.15) is 0 Å². The third-order valence-corrected chi connectivity index (χ3v) is 4.83. The molecule has 0 spiro atoms. The molecule has 3 rings (SSSR count). The minimum Gasteiger partial charge on any atom is -0.421 e. The maximum atomic E-state index is 12.3. The van der Waals surface area contributed by atoms with Crippen molar-refractivity contribution >= 4 is 24.0 Å². The van der Waals surface area contributed by atoms with Gasteiger partial charge in [0.2, 0.25) is 35.4 Å². The molecule has 1 fully saturated rings. The molecule has 1 aliphatic rings. The standard InChI is InChI=1S/C21H28N6O4/c1-12(2)20-26-24-18(30-20)10-8-16(28)22-14-6-5-7-15(14)23-17(29)9-11-19-25-27-21(31-19)13(3)4/h8-15H,5-7H2,1-4H3,(H,22,28)(H,23,29)/b10-8+,11-9+. The Morgan fingerprint density at radius 2 is 1.23 bits per heavy atom. The van der Waals surface area contributed by atoms with Gasteiger partial charge in [0.25, 0.3) is 0 Å². The van der Waals surface area contributed by atoms with Crippen molar-refractivity contribution in [3.05, 3.63) is 35.7 Å². The fourth-order valence-electron chi connectivity index (χ4n) is 3.16. The molecule has 10 heteroatoms. The molecule has 0 saturated heterocycles.